The van der Waals surface area contributed by atoms with Crippen LogP contribution < -0.4 is 10.6 Å². The first kappa shape index (κ1) is 24.8. The number of amides is 2. The summed E-state index contributed by atoms with van der Waals surface area (Å²) in [6.07, 6.45) is -6.17. The fourth-order valence-electron chi connectivity index (χ4n) is 3.00. The zero-order chi connectivity index (χ0) is 24.9. The van der Waals surface area contributed by atoms with Crippen LogP contribution in [0.3, 0.4) is 0 Å². The van der Waals surface area contributed by atoms with Gasteiger partial charge in [0.25, 0.3) is 5.91 Å². The molecule has 0 aliphatic rings. The summed E-state index contributed by atoms with van der Waals surface area (Å²) in [5.41, 5.74) is -0.399. The number of ether oxygens (including phenoxy) is 1. The highest BCUT2D eigenvalue weighted by atomic mass is 35.5. The lowest BCUT2D eigenvalue weighted by atomic mass is 10.1. The van der Waals surface area contributed by atoms with E-state index in [9.17, 15) is 27.6 Å². The van der Waals surface area contributed by atoms with Gasteiger partial charge >= 0.3 is 12.1 Å². The molecule has 1 atom stereocenters. The maximum atomic E-state index is 13.2. The van der Waals surface area contributed by atoms with Gasteiger partial charge in [-0.1, -0.05) is 41.9 Å². The molecule has 10 heteroatoms. The number of hydrogen-bond donors (Lipinski definition) is 2. The highest BCUT2D eigenvalue weighted by molar-refractivity contribution is 6.31. The Morgan fingerprint density at radius 1 is 0.882 bits per heavy atom. The van der Waals surface area contributed by atoms with E-state index in [1.54, 1.807) is 30.3 Å². The lowest BCUT2D eigenvalue weighted by Gasteiger charge is -2.19. The molecule has 0 fully saturated rings. The Morgan fingerprint density at radius 2 is 1.50 bits per heavy atom. The number of alkyl halides is 3. The summed E-state index contributed by atoms with van der Waals surface area (Å²) in [4.78, 5) is 36.8. The van der Waals surface area contributed by atoms with Crippen LogP contribution >= 0.6 is 11.6 Å². The van der Waals surface area contributed by atoms with Gasteiger partial charge in [0.15, 0.2) is 0 Å². The second kappa shape index (κ2) is 10.4. The third-order valence-corrected chi connectivity index (χ3v) is 4.88. The number of anilines is 2. The Morgan fingerprint density at radius 3 is 2.09 bits per heavy atom. The van der Waals surface area contributed by atoms with Crippen molar-refractivity contribution in [2.75, 3.05) is 10.6 Å². The van der Waals surface area contributed by atoms with E-state index in [0.717, 1.165) is 6.07 Å². The molecule has 0 spiro atoms. The van der Waals surface area contributed by atoms with Gasteiger partial charge in [0.2, 0.25) is 12.0 Å². The Hall–Kier alpha value is -3.85. The molecular formula is C24H18ClF3N2O4. The molecule has 3 aromatic carbocycles. The van der Waals surface area contributed by atoms with E-state index in [4.69, 9.17) is 16.3 Å². The fourth-order valence-corrected chi connectivity index (χ4v) is 3.22. The molecule has 0 aromatic heterocycles. The third kappa shape index (κ3) is 6.35. The van der Waals surface area contributed by atoms with E-state index < -0.39 is 34.7 Å². The van der Waals surface area contributed by atoms with Crippen molar-refractivity contribution < 1.29 is 32.3 Å². The molecule has 6 nitrogen and oxygen atoms in total. The second-order valence-corrected chi connectivity index (χ2v) is 7.54. The number of carbonyl (C=O) groups is 3. The van der Waals surface area contributed by atoms with Crippen molar-refractivity contribution in [1.82, 2.24) is 0 Å². The lowest BCUT2D eigenvalue weighted by molar-refractivity contribution is -0.137. The number of hydrogen-bond acceptors (Lipinski definition) is 4. The largest absolute Gasteiger partial charge is 0.444 e. The molecular weight excluding hydrogens is 473 g/mol. The highest BCUT2D eigenvalue weighted by Crippen LogP contribution is 2.36. The number of nitrogens with one attached hydrogen (secondary N) is 2. The van der Waals surface area contributed by atoms with Crippen LogP contribution in [0.25, 0.3) is 0 Å². The topological polar surface area (TPSA) is 84.5 Å². The van der Waals surface area contributed by atoms with Gasteiger partial charge in [0.1, 0.15) is 0 Å². The predicted octanol–water partition coefficient (Wildman–Crippen LogP) is 5.85. The summed E-state index contributed by atoms with van der Waals surface area (Å²) in [7, 11) is 0. The van der Waals surface area contributed by atoms with Crippen LogP contribution in [0.4, 0.5) is 24.5 Å². The van der Waals surface area contributed by atoms with Gasteiger partial charge in [-0.25, -0.2) is 4.79 Å². The average Bonchev–Trinajstić information content (AvgIpc) is 2.78. The van der Waals surface area contributed by atoms with Crippen LogP contribution in [0.15, 0.2) is 72.8 Å². The van der Waals surface area contributed by atoms with Crippen molar-refractivity contribution in [3.05, 3.63) is 94.5 Å². The Bertz CT molecular complexity index is 1200. The zero-order valence-corrected chi connectivity index (χ0v) is 18.4. The summed E-state index contributed by atoms with van der Waals surface area (Å²) >= 11 is 5.63. The van der Waals surface area contributed by atoms with E-state index in [1.165, 1.54) is 37.3 Å². The molecule has 34 heavy (non-hydrogen) atoms. The number of esters is 1. The summed E-state index contributed by atoms with van der Waals surface area (Å²) in [5.74, 6) is -1.98. The normalized spacial score (nSPS) is 11.9. The van der Waals surface area contributed by atoms with Crippen molar-refractivity contribution in [3.8, 4) is 0 Å². The first-order valence-electron chi connectivity index (χ1n) is 9.86. The molecule has 3 rings (SSSR count). The molecule has 0 saturated heterocycles. The second-order valence-electron chi connectivity index (χ2n) is 7.14. The van der Waals surface area contributed by atoms with Gasteiger partial charge in [-0.3, -0.25) is 9.59 Å². The maximum absolute atomic E-state index is 13.2. The Labute approximate surface area is 197 Å². The van der Waals surface area contributed by atoms with Gasteiger partial charge < -0.3 is 15.4 Å². The van der Waals surface area contributed by atoms with Gasteiger partial charge in [-0.05, 0) is 42.5 Å². The van der Waals surface area contributed by atoms with E-state index in [1.807, 2.05) is 0 Å². The third-order valence-electron chi connectivity index (χ3n) is 4.55. The van der Waals surface area contributed by atoms with E-state index in [2.05, 4.69) is 10.6 Å². The quantitative estimate of drug-likeness (QED) is 0.424. The lowest BCUT2D eigenvalue weighted by Crippen LogP contribution is -2.26. The number of benzene rings is 3. The van der Waals surface area contributed by atoms with Gasteiger partial charge in [-0.2, -0.15) is 13.2 Å². The summed E-state index contributed by atoms with van der Waals surface area (Å²) in [6, 6.07) is 16.7. The molecule has 0 bridgehead atoms. The number of carbonyl (C=O) groups excluding carboxylic acids is 3. The molecule has 0 radical (unpaired) electrons. The van der Waals surface area contributed by atoms with Gasteiger partial charge in [0, 0.05) is 23.9 Å². The van der Waals surface area contributed by atoms with E-state index in [0.29, 0.717) is 17.3 Å². The van der Waals surface area contributed by atoms with Crippen molar-refractivity contribution in [2.45, 2.75) is 19.2 Å². The van der Waals surface area contributed by atoms with Crippen LogP contribution in [-0.4, -0.2) is 17.8 Å². The Kier molecular flexibility index (Phi) is 7.57. The standard InChI is InChI=1S/C24H18ClF3N2O4/c1-14(31)29-17-9-7-16(8-10-17)23(33)34-21(15-5-3-2-4-6-15)22(32)30-18-11-12-20(25)19(13-18)24(26,27)28/h2-13,21H,1H3,(H,29,31)(H,30,32). The van der Waals surface area contributed by atoms with Crippen molar-refractivity contribution in [2.24, 2.45) is 0 Å². The molecule has 2 N–H and O–H groups in total. The van der Waals surface area contributed by atoms with Crippen LogP contribution in [-0.2, 0) is 20.5 Å². The summed E-state index contributed by atoms with van der Waals surface area (Å²) < 4.78 is 44.9. The molecule has 0 aliphatic heterocycles. The SMILES string of the molecule is CC(=O)Nc1ccc(C(=O)OC(C(=O)Nc2ccc(Cl)c(C(F)(F)F)c2)c2ccccc2)cc1. The molecule has 3 aromatic rings. The minimum absolute atomic E-state index is 0.105. The first-order chi connectivity index (χ1) is 16.0. The molecule has 0 saturated carbocycles. The minimum Gasteiger partial charge on any atom is -0.444 e. The first-order valence-corrected chi connectivity index (χ1v) is 10.2. The monoisotopic (exact) mass is 490 g/mol. The molecule has 0 aliphatic carbocycles. The average molecular weight is 491 g/mol. The van der Waals surface area contributed by atoms with Crippen molar-refractivity contribution in [1.29, 1.82) is 0 Å². The zero-order valence-electron chi connectivity index (χ0n) is 17.7. The number of halogens is 4. The number of rotatable bonds is 6. The highest BCUT2D eigenvalue weighted by Gasteiger charge is 2.34. The fraction of sp³-hybridized carbons (Fsp3) is 0.125. The summed E-state index contributed by atoms with van der Waals surface area (Å²) in [6.45, 7) is 1.34. The Balaban J connectivity index is 1.84. The van der Waals surface area contributed by atoms with Crippen LogP contribution in [0.5, 0.6) is 0 Å². The van der Waals surface area contributed by atoms with Crippen LogP contribution in [0.2, 0.25) is 5.02 Å². The molecule has 1 unspecified atom stereocenters. The van der Waals surface area contributed by atoms with E-state index in [-0.39, 0.29) is 17.2 Å². The minimum atomic E-state index is -4.72. The van der Waals surface area contributed by atoms with Crippen molar-refractivity contribution in [3.63, 3.8) is 0 Å². The molecule has 176 valence electrons. The van der Waals surface area contributed by atoms with Crippen LogP contribution in [0, 0.1) is 0 Å². The van der Waals surface area contributed by atoms with Crippen molar-refractivity contribution >= 4 is 40.8 Å². The molecule has 2 amide bonds. The predicted molar refractivity (Wildman–Crippen MR) is 120 cm³/mol. The van der Waals surface area contributed by atoms with Gasteiger partial charge in [-0.15, -0.1) is 0 Å². The summed E-state index contributed by atoms with van der Waals surface area (Å²) in [5, 5.41) is 4.39. The van der Waals surface area contributed by atoms with Gasteiger partial charge in [0.05, 0.1) is 16.1 Å². The van der Waals surface area contributed by atoms with E-state index >= 15 is 0 Å². The maximum Gasteiger partial charge on any atom is 0.417 e. The molecule has 0 heterocycles. The smallest absolute Gasteiger partial charge is 0.417 e. The van der Waals surface area contributed by atoms with Crippen LogP contribution in [0.1, 0.15) is 34.5 Å².